The lowest BCUT2D eigenvalue weighted by Crippen LogP contribution is -2.40. The largest absolute Gasteiger partial charge is 0.477 e. The fourth-order valence-electron chi connectivity index (χ4n) is 11.1. The highest BCUT2D eigenvalue weighted by Crippen LogP contribution is 2.19. The molecule has 93 heavy (non-hydrogen) atoms. The number of hydrogen-bond acceptors (Lipinski definition) is 7. The number of esters is 2. The highest BCUT2D eigenvalue weighted by atomic mass is 16.7. The monoisotopic (exact) mass is 1300 g/mol. The molecule has 2 atom stereocenters. The minimum atomic E-state index is -1.53. The number of nitrogens with zero attached hydrogens (tertiary/aromatic N) is 1. The van der Waals surface area contributed by atoms with Crippen molar-refractivity contribution < 1.29 is 42.9 Å². The van der Waals surface area contributed by atoms with Gasteiger partial charge in [0.2, 0.25) is 0 Å². The van der Waals surface area contributed by atoms with Gasteiger partial charge in [0.05, 0.1) is 34.4 Å². The lowest BCUT2D eigenvalue weighted by molar-refractivity contribution is -0.870. The third-order valence-electron chi connectivity index (χ3n) is 17.0. The number of hydrogen-bond donors (Lipinski definition) is 1. The van der Waals surface area contributed by atoms with Gasteiger partial charge in [-0.2, -0.15) is 0 Å². The Morgan fingerprint density at radius 1 is 0.333 bits per heavy atom. The van der Waals surface area contributed by atoms with Gasteiger partial charge in [0.15, 0.2) is 6.10 Å². The van der Waals surface area contributed by atoms with Crippen LogP contribution in [0.3, 0.4) is 0 Å². The van der Waals surface area contributed by atoms with Gasteiger partial charge >= 0.3 is 17.9 Å². The summed E-state index contributed by atoms with van der Waals surface area (Å²) in [5, 5.41) is 9.76. The fraction of sp³-hybridized carbons (Fsp3) is 0.750. The number of ether oxygens (including phenoxy) is 4. The molecule has 9 nitrogen and oxygen atoms in total. The van der Waals surface area contributed by atoms with Gasteiger partial charge in [-0.25, -0.2) is 4.79 Å². The van der Waals surface area contributed by atoms with Gasteiger partial charge in [-0.15, -0.1) is 0 Å². The van der Waals surface area contributed by atoms with Crippen molar-refractivity contribution in [1.29, 1.82) is 0 Å². The molecule has 0 aromatic carbocycles. The molecule has 0 aliphatic rings. The van der Waals surface area contributed by atoms with E-state index in [-0.39, 0.29) is 38.6 Å². The Labute approximate surface area is 575 Å². The highest BCUT2D eigenvalue weighted by Gasteiger charge is 2.25. The van der Waals surface area contributed by atoms with Crippen LogP contribution in [0.15, 0.2) is 109 Å². The topological polar surface area (TPSA) is 108 Å². The van der Waals surface area contributed by atoms with E-state index in [2.05, 4.69) is 123 Å². The summed E-state index contributed by atoms with van der Waals surface area (Å²) in [6.45, 7) is 4.73. The van der Waals surface area contributed by atoms with Gasteiger partial charge < -0.3 is 28.5 Å². The van der Waals surface area contributed by atoms with E-state index in [0.717, 1.165) is 77.0 Å². The molecule has 0 amide bonds. The first-order valence-electron chi connectivity index (χ1n) is 39.1. The van der Waals surface area contributed by atoms with Crippen LogP contribution < -0.4 is 0 Å². The average molecular weight is 1300 g/mol. The predicted molar refractivity (Wildman–Crippen MR) is 401 cm³/mol. The van der Waals surface area contributed by atoms with E-state index in [1.807, 2.05) is 21.1 Å². The third kappa shape index (κ3) is 75.2. The van der Waals surface area contributed by atoms with Gasteiger partial charge in [0.25, 0.3) is 6.29 Å². The summed E-state index contributed by atoms with van der Waals surface area (Å²) in [6, 6.07) is 0. The van der Waals surface area contributed by atoms with Crippen LogP contribution in [0.1, 0.15) is 348 Å². The van der Waals surface area contributed by atoms with Crippen molar-refractivity contribution in [3.63, 3.8) is 0 Å². The SMILES string of the molecule is CC/C=C\C/C=C\C/C=C\C/C=C\C/C=C\C/C=C\C/C=C\C/C=C\C/C=C\CCCC(=O)OC(COC(=O)CCCCCCCCCCCCCCCCCCCCCCCCCCCCCCCCCCCCCCCCC)COC(OCC[N+](C)(C)C)C(=O)O. The molecular weight excluding hydrogens is 1150 g/mol. The average Bonchev–Trinajstić information content (AvgIpc) is 3.74. The maximum Gasteiger partial charge on any atom is 0.361 e. The van der Waals surface area contributed by atoms with Crippen molar-refractivity contribution in [2.75, 3.05) is 47.5 Å². The number of aliphatic carboxylic acids is 1. The van der Waals surface area contributed by atoms with Crippen LogP contribution in [0.2, 0.25) is 0 Å². The molecule has 0 heterocycles. The van der Waals surface area contributed by atoms with Crippen LogP contribution in [-0.2, 0) is 33.3 Å². The number of likely N-dealkylation sites (N-methyl/N-ethyl adjacent to an activating group) is 1. The lowest BCUT2D eigenvalue weighted by Gasteiger charge is -2.25. The quantitative estimate of drug-likeness (QED) is 0.0211. The molecule has 0 aromatic rings. The molecule has 0 aromatic heterocycles. The summed E-state index contributed by atoms with van der Waals surface area (Å²) >= 11 is 0. The zero-order valence-corrected chi connectivity index (χ0v) is 61.4. The molecule has 1 N–H and O–H groups in total. The third-order valence-corrected chi connectivity index (χ3v) is 17.0. The van der Waals surface area contributed by atoms with Crippen LogP contribution in [0.5, 0.6) is 0 Å². The first-order valence-corrected chi connectivity index (χ1v) is 39.1. The van der Waals surface area contributed by atoms with E-state index >= 15 is 0 Å². The van der Waals surface area contributed by atoms with E-state index < -0.39 is 24.3 Å². The molecule has 0 saturated heterocycles. The molecule has 0 radical (unpaired) electrons. The van der Waals surface area contributed by atoms with Crippen LogP contribution in [0, 0.1) is 0 Å². The van der Waals surface area contributed by atoms with Crippen LogP contribution >= 0.6 is 0 Å². The molecule has 536 valence electrons. The molecule has 0 saturated carbocycles. The van der Waals surface area contributed by atoms with E-state index in [0.29, 0.717) is 23.9 Å². The van der Waals surface area contributed by atoms with Crippen molar-refractivity contribution in [3.8, 4) is 0 Å². The van der Waals surface area contributed by atoms with Gasteiger partial charge in [0, 0.05) is 12.8 Å². The van der Waals surface area contributed by atoms with E-state index in [1.165, 1.54) is 231 Å². The summed E-state index contributed by atoms with van der Waals surface area (Å²) in [5.41, 5.74) is 0. The second-order valence-electron chi connectivity index (χ2n) is 27.3. The van der Waals surface area contributed by atoms with Gasteiger partial charge in [-0.3, -0.25) is 9.59 Å². The maximum absolute atomic E-state index is 12.9. The molecular formula is C84H148NO8+. The Hall–Kier alpha value is -4.05. The van der Waals surface area contributed by atoms with E-state index in [1.54, 1.807) is 0 Å². The number of carbonyl (C=O) groups is 3. The highest BCUT2D eigenvalue weighted by molar-refractivity contribution is 5.71. The number of carbonyl (C=O) groups excluding carboxylic acids is 2. The molecule has 2 unspecified atom stereocenters. The first kappa shape index (κ1) is 89.0. The molecule has 0 fully saturated rings. The Morgan fingerprint density at radius 3 is 0.903 bits per heavy atom. The Morgan fingerprint density at radius 2 is 0.613 bits per heavy atom. The number of unbranched alkanes of at least 4 members (excludes halogenated alkanes) is 39. The lowest BCUT2D eigenvalue weighted by atomic mass is 10.0. The van der Waals surface area contributed by atoms with Crippen molar-refractivity contribution in [3.05, 3.63) is 109 Å². The Kier molecular flexibility index (Phi) is 70.5. The zero-order valence-electron chi connectivity index (χ0n) is 61.4. The number of carboxylic acids is 1. The van der Waals surface area contributed by atoms with Crippen molar-refractivity contribution in [2.45, 2.75) is 360 Å². The number of allylic oxidation sites excluding steroid dienone is 18. The molecule has 0 rings (SSSR count). The standard InChI is InChI=1S/C84H147NO8/c1-6-8-10-12-14-16-18-20-22-24-26-28-30-32-34-36-37-38-39-40-41-42-43-44-45-47-48-50-52-54-56-58-60-62-64-66-68-70-72-74-81(86)91-78-80(79-92-84(83(88)89)90-77-76-85(3,4)5)93-82(87)75-73-71-69-67-65-63-61-59-57-55-53-51-49-46-35-33-31-29-27-25-23-21-19-17-15-13-11-9-7-2/h9,11,15,17,21,23,27,29,33,35,49,51,55,57,61,63,67,69,80,84H,6-8,10,12-14,16,18-20,22,24-26,28,30-32,34,36-48,50,52-54,56,58-60,62,64-66,68,70-79H2,1-5H3/p+1/b11-9-,17-15-,23-21-,29-27-,35-33-,51-49-,57-55-,63-61-,69-67-. The van der Waals surface area contributed by atoms with Crippen molar-refractivity contribution in [2.24, 2.45) is 0 Å². The van der Waals surface area contributed by atoms with Gasteiger partial charge in [-0.05, 0) is 77.0 Å². The van der Waals surface area contributed by atoms with E-state index in [4.69, 9.17) is 18.9 Å². The van der Waals surface area contributed by atoms with Crippen LogP contribution in [0.4, 0.5) is 0 Å². The van der Waals surface area contributed by atoms with Gasteiger partial charge in [0.1, 0.15) is 13.2 Å². The molecule has 0 bridgehead atoms. The molecule has 0 aliphatic carbocycles. The minimum Gasteiger partial charge on any atom is -0.477 e. The maximum atomic E-state index is 12.9. The Bertz CT molecular complexity index is 1900. The summed E-state index contributed by atoms with van der Waals surface area (Å²) in [7, 11) is 5.96. The van der Waals surface area contributed by atoms with Gasteiger partial charge in [-0.1, -0.05) is 367 Å². The van der Waals surface area contributed by atoms with E-state index in [9.17, 15) is 19.5 Å². The number of rotatable bonds is 72. The molecule has 9 heteroatoms. The number of quaternary nitrogens is 1. The molecule has 0 aliphatic heterocycles. The Balaban J connectivity index is 4.07. The van der Waals surface area contributed by atoms with Crippen LogP contribution in [0.25, 0.3) is 0 Å². The minimum absolute atomic E-state index is 0.172. The summed E-state index contributed by atoms with van der Waals surface area (Å²) in [5.74, 6) is -2.08. The second kappa shape index (κ2) is 73.8. The van der Waals surface area contributed by atoms with Crippen molar-refractivity contribution >= 4 is 17.9 Å². The normalized spacial score (nSPS) is 13.3. The van der Waals surface area contributed by atoms with Crippen molar-refractivity contribution in [1.82, 2.24) is 0 Å². The molecule has 0 spiro atoms. The number of carboxylic acid groups (broad SMARTS) is 1. The van der Waals surface area contributed by atoms with Crippen LogP contribution in [-0.4, -0.2) is 87.4 Å². The predicted octanol–water partition coefficient (Wildman–Crippen LogP) is 24.9. The first-order chi connectivity index (χ1) is 45.6. The zero-order chi connectivity index (χ0) is 67.5. The summed E-state index contributed by atoms with van der Waals surface area (Å²) < 4.78 is 22.9. The second-order valence-corrected chi connectivity index (χ2v) is 27.3. The summed E-state index contributed by atoms with van der Waals surface area (Å²) in [4.78, 5) is 37.6. The smallest absolute Gasteiger partial charge is 0.361 e. The fourth-order valence-corrected chi connectivity index (χ4v) is 11.1. The summed E-state index contributed by atoms with van der Waals surface area (Å²) in [6.07, 6.45) is 101.